The molecule has 0 bridgehead atoms. The maximum Gasteiger partial charge on any atom is 0.407 e. The molecule has 1 unspecified atom stereocenters. The van der Waals surface area contributed by atoms with Crippen molar-refractivity contribution < 1.29 is 38.3 Å². The summed E-state index contributed by atoms with van der Waals surface area (Å²) < 4.78 is 8.78. The highest BCUT2D eigenvalue weighted by Gasteiger charge is 2.35. The fourth-order valence-corrected chi connectivity index (χ4v) is 1.63. The third kappa shape index (κ3) is 5.93. The molecule has 0 saturated carbocycles. The molecule has 1 saturated heterocycles. The highest BCUT2D eigenvalue weighted by Crippen LogP contribution is 2.13. The summed E-state index contributed by atoms with van der Waals surface area (Å²) in [6.07, 6.45) is -1.35. The number of ether oxygens (including phenoxy) is 2. The van der Waals surface area contributed by atoms with Crippen LogP contribution in [0.1, 0.15) is 33.1 Å². The van der Waals surface area contributed by atoms with Crippen LogP contribution in [0.25, 0.3) is 0 Å². The van der Waals surface area contributed by atoms with E-state index in [2.05, 4.69) is 19.6 Å². The van der Waals surface area contributed by atoms with Gasteiger partial charge in [0.2, 0.25) is 0 Å². The van der Waals surface area contributed by atoms with Crippen LogP contribution in [0, 0.1) is 0 Å². The van der Waals surface area contributed by atoms with Crippen LogP contribution in [-0.4, -0.2) is 55.2 Å². The van der Waals surface area contributed by atoms with Crippen molar-refractivity contribution in [1.82, 2.24) is 10.4 Å². The lowest BCUT2D eigenvalue weighted by Gasteiger charge is -2.19. The summed E-state index contributed by atoms with van der Waals surface area (Å²) in [5, 5.41) is 2.51. The fourth-order valence-electron chi connectivity index (χ4n) is 1.63. The number of carbonyl (C=O) groups excluding carboxylic acids is 5. The normalized spacial score (nSPS) is 14.6. The van der Waals surface area contributed by atoms with E-state index in [9.17, 15) is 24.0 Å². The van der Waals surface area contributed by atoms with E-state index in [4.69, 9.17) is 0 Å². The van der Waals surface area contributed by atoms with E-state index >= 15 is 0 Å². The maximum atomic E-state index is 12.0. The summed E-state index contributed by atoms with van der Waals surface area (Å²) in [6, 6.07) is -1.27. The molecule has 3 amide bonds. The number of esters is 1. The zero-order chi connectivity index (χ0) is 16.7. The molecule has 1 aliphatic heterocycles. The van der Waals surface area contributed by atoms with E-state index < -0.39 is 35.9 Å². The molecule has 1 rings (SSSR count). The Kier molecular flexibility index (Phi) is 8.30. The van der Waals surface area contributed by atoms with Gasteiger partial charge in [0.15, 0.2) is 0 Å². The minimum Gasteiger partial charge on any atom is -0.469 e. The van der Waals surface area contributed by atoms with Crippen LogP contribution in [0.4, 0.5) is 4.79 Å². The summed E-state index contributed by atoms with van der Waals surface area (Å²) in [5.74, 6) is -2.96. The van der Waals surface area contributed by atoms with Crippen molar-refractivity contribution in [2.75, 3.05) is 14.2 Å². The van der Waals surface area contributed by atoms with Crippen LogP contribution in [0.2, 0.25) is 0 Å². The summed E-state index contributed by atoms with van der Waals surface area (Å²) in [5.41, 5.74) is 0. The van der Waals surface area contributed by atoms with Crippen LogP contribution in [-0.2, 0) is 33.5 Å². The Balaban J connectivity index is 0.00000484. The second kappa shape index (κ2) is 9.38. The average Bonchev–Trinajstić information content (AvgIpc) is 2.82. The van der Waals surface area contributed by atoms with Crippen molar-refractivity contribution in [2.24, 2.45) is 0 Å². The molecular weight excluding hydrogens is 312 g/mol. The molecule has 0 spiro atoms. The Labute approximate surface area is 133 Å². The predicted molar refractivity (Wildman–Crippen MR) is 74.5 cm³/mol. The van der Waals surface area contributed by atoms with Gasteiger partial charge in [-0.1, -0.05) is 7.43 Å². The standard InChI is InChI=1S/C12H16N2O8.CH4/c1-20-10(17)6-3-7(13-12(19)21-2)11(18)22-14-8(15)4-5-9(14)16;/h7H,3-6H2,1-2H3,(H,13,19);1H4. The van der Waals surface area contributed by atoms with Gasteiger partial charge in [-0.2, -0.15) is 0 Å². The quantitative estimate of drug-likeness (QED) is 0.528. The third-order valence-corrected chi connectivity index (χ3v) is 2.81. The van der Waals surface area contributed by atoms with Gasteiger partial charge in [0.25, 0.3) is 11.8 Å². The number of imide groups is 1. The number of rotatable bonds is 6. The molecule has 1 atom stereocenters. The molecule has 0 aromatic rings. The van der Waals surface area contributed by atoms with E-state index in [1.807, 2.05) is 0 Å². The molecule has 1 heterocycles. The number of nitrogens with zero attached hydrogens (tertiary/aromatic N) is 1. The summed E-state index contributed by atoms with van der Waals surface area (Å²) in [4.78, 5) is 61.7. The van der Waals surface area contributed by atoms with E-state index in [-0.39, 0.29) is 33.1 Å². The van der Waals surface area contributed by atoms with Gasteiger partial charge in [0.1, 0.15) is 6.04 Å². The topological polar surface area (TPSA) is 128 Å². The van der Waals surface area contributed by atoms with Crippen molar-refractivity contribution in [3.05, 3.63) is 0 Å². The highest BCUT2D eigenvalue weighted by atomic mass is 16.7. The van der Waals surface area contributed by atoms with Crippen LogP contribution in [0.15, 0.2) is 0 Å². The van der Waals surface area contributed by atoms with Crippen molar-refractivity contribution in [3.63, 3.8) is 0 Å². The van der Waals surface area contributed by atoms with Crippen LogP contribution < -0.4 is 5.32 Å². The number of hydroxylamine groups is 2. The molecule has 0 radical (unpaired) electrons. The SMILES string of the molecule is C.COC(=O)CCC(NC(=O)OC)C(=O)ON1C(=O)CCC1=O. The van der Waals surface area contributed by atoms with Crippen LogP contribution in [0.3, 0.4) is 0 Å². The highest BCUT2D eigenvalue weighted by molar-refractivity contribution is 6.01. The molecule has 1 fully saturated rings. The molecule has 0 aromatic carbocycles. The van der Waals surface area contributed by atoms with Crippen molar-refractivity contribution in [2.45, 2.75) is 39.2 Å². The zero-order valence-electron chi connectivity index (χ0n) is 12.1. The van der Waals surface area contributed by atoms with Gasteiger partial charge in [-0.05, 0) is 6.42 Å². The van der Waals surface area contributed by atoms with Gasteiger partial charge in [0, 0.05) is 19.3 Å². The zero-order valence-corrected chi connectivity index (χ0v) is 12.1. The number of amides is 3. The Hall–Kier alpha value is -2.65. The second-order valence-electron chi connectivity index (χ2n) is 4.30. The van der Waals surface area contributed by atoms with Gasteiger partial charge in [0.05, 0.1) is 14.2 Å². The summed E-state index contributed by atoms with van der Waals surface area (Å²) in [7, 11) is 2.26. The van der Waals surface area contributed by atoms with Crippen molar-refractivity contribution in [1.29, 1.82) is 0 Å². The first-order chi connectivity index (χ1) is 10.4. The van der Waals surface area contributed by atoms with Gasteiger partial charge in [-0.3, -0.25) is 14.4 Å². The van der Waals surface area contributed by atoms with E-state index in [1.54, 1.807) is 0 Å². The number of alkyl carbamates (subject to hydrolysis) is 1. The lowest BCUT2D eigenvalue weighted by molar-refractivity contribution is -0.199. The van der Waals surface area contributed by atoms with E-state index in [0.29, 0.717) is 5.06 Å². The summed E-state index contributed by atoms with van der Waals surface area (Å²) >= 11 is 0. The van der Waals surface area contributed by atoms with Gasteiger partial charge in [-0.15, -0.1) is 5.06 Å². The summed E-state index contributed by atoms with van der Waals surface area (Å²) in [6.45, 7) is 0. The number of carbonyl (C=O) groups is 5. The monoisotopic (exact) mass is 332 g/mol. The minimum absolute atomic E-state index is 0. The Bertz CT molecular complexity index is 474. The molecule has 0 aromatic heterocycles. The van der Waals surface area contributed by atoms with Crippen LogP contribution >= 0.6 is 0 Å². The van der Waals surface area contributed by atoms with Gasteiger partial charge in [-0.25, -0.2) is 9.59 Å². The van der Waals surface area contributed by atoms with Gasteiger partial charge < -0.3 is 19.6 Å². The third-order valence-electron chi connectivity index (χ3n) is 2.81. The Morgan fingerprint density at radius 2 is 1.70 bits per heavy atom. The molecule has 10 heteroatoms. The maximum absolute atomic E-state index is 12.0. The molecule has 10 nitrogen and oxygen atoms in total. The molecule has 1 N–H and O–H groups in total. The van der Waals surface area contributed by atoms with Crippen molar-refractivity contribution >= 4 is 29.8 Å². The largest absolute Gasteiger partial charge is 0.469 e. The molecule has 130 valence electrons. The number of hydrogen-bond donors (Lipinski definition) is 1. The first-order valence-corrected chi connectivity index (χ1v) is 6.38. The Morgan fingerprint density at radius 1 is 1.13 bits per heavy atom. The molecular formula is C13H20N2O8. The molecule has 0 aliphatic carbocycles. The van der Waals surface area contributed by atoms with E-state index in [1.165, 1.54) is 7.11 Å². The fraction of sp³-hybridized carbons (Fsp3) is 0.615. The smallest absolute Gasteiger partial charge is 0.407 e. The number of methoxy groups -OCH3 is 2. The molecule has 1 aliphatic rings. The first-order valence-electron chi connectivity index (χ1n) is 6.38. The van der Waals surface area contributed by atoms with E-state index in [0.717, 1.165) is 7.11 Å². The van der Waals surface area contributed by atoms with Crippen molar-refractivity contribution in [3.8, 4) is 0 Å². The van der Waals surface area contributed by atoms with Gasteiger partial charge >= 0.3 is 18.0 Å². The Morgan fingerprint density at radius 3 is 2.17 bits per heavy atom. The number of hydrogen-bond acceptors (Lipinski definition) is 8. The lowest BCUT2D eigenvalue weighted by atomic mass is 10.1. The second-order valence-corrected chi connectivity index (χ2v) is 4.30. The first kappa shape index (κ1) is 20.3. The number of nitrogens with one attached hydrogen (secondary N) is 1. The minimum atomic E-state index is -1.27. The average molecular weight is 332 g/mol. The molecule has 23 heavy (non-hydrogen) atoms. The predicted octanol–water partition coefficient (Wildman–Crippen LogP) is -0.0925. The van der Waals surface area contributed by atoms with Crippen LogP contribution in [0.5, 0.6) is 0 Å². The lowest BCUT2D eigenvalue weighted by Crippen LogP contribution is -2.45.